The zero-order valence-electron chi connectivity index (χ0n) is 18.0. The van der Waals surface area contributed by atoms with E-state index in [0.29, 0.717) is 0 Å². The highest BCUT2D eigenvalue weighted by molar-refractivity contribution is 6.30. The highest BCUT2D eigenvalue weighted by Crippen LogP contribution is 2.44. The molecule has 4 rings (SSSR count). The first-order valence-electron chi connectivity index (χ1n) is 10.5. The lowest BCUT2D eigenvalue weighted by atomic mass is 9.86. The average molecular weight is 439 g/mol. The number of hydrazine groups is 1. The van der Waals surface area contributed by atoms with E-state index in [1.807, 2.05) is 48.5 Å². The molecule has 1 heterocycles. The first-order valence-corrected chi connectivity index (χ1v) is 10.9. The van der Waals surface area contributed by atoms with E-state index >= 15 is 0 Å². The summed E-state index contributed by atoms with van der Waals surface area (Å²) in [6, 6.07) is 15.7. The van der Waals surface area contributed by atoms with Crippen molar-refractivity contribution in [1.82, 2.24) is 10.4 Å². The maximum Gasteiger partial charge on any atom is 0.259 e. The molecule has 5 nitrogen and oxygen atoms in total. The molecule has 162 valence electrons. The molecule has 2 aliphatic rings. The zero-order valence-corrected chi connectivity index (χ0v) is 18.8. The number of hydrogen-bond donors (Lipinski definition) is 1. The molecule has 1 N–H and O–H groups in total. The van der Waals surface area contributed by atoms with Crippen LogP contribution < -0.4 is 14.9 Å². The van der Waals surface area contributed by atoms with Crippen molar-refractivity contribution < 1.29 is 14.3 Å². The van der Waals surface area contributed by atoms with Crippen molar-refractivity contribution in [2.45, 2.75) is 37.6 Å². The second kappa shape index (κ2) is 9.06. The zero-order chi connectivity index (χ0) is 22.0. The topological polar surface area (TPSA) is 50.8 Å². The van der Waals surface area contributed by atoms with Crippen LogP contribution in [0.25, 0.3) is 6.08 Å². The van der Waals surface area contributed by atoms with Crippen LogP contribution in [0.4, 0.5) is 0 Å². The molecule has 0 saturated carbocycles. The van der Waals surface area contributed by atoms with E-state index in [2.05, 4.69) is 11.5 Å². The molecule has 1 amide bonds. The third-order valence-electron chi connectivity index (χ3n) is 5.82. The molecular formula is C25H27ClN2O3. The predicted molar refractivity (Wildman–Crippen MR) is 123 cm³/mol. The number of nitrogens with one attached hydrogen (secondary N) is 1. The van der Waals surface area contributed by atoms with Crippen molar-refractivity contribution in [1.29, 1.82) is 0 Å². The van der Waals surface area contributed by atoms with Crippen LogP contribution in [-0.2, 0) is 4.79 Å². The van der Waals surface area contributed by atoms with Gasteiger partial charge in [-0.05, 0) is 78.8 Å². The van der Waals surface area contributed by atoms with Gasteiger partial charge in [-0.3, -0.25) is 10.2 Å². The van der Waals surface area contributed by atoms with E-state index in [9.17, 15) is 4.79 Å². The Morgan fingerprint density at radius 1 is 1.06 bits per heavy atom. The van der Waals surface area contributed by atoms with Gasteiger partial charge in [-0.25, -0.2) is 5.01 Å². The number of methoxy groups -OCH3 is 2. The summed E-state index contributed by atoms with van der Waals surface area (Å²) in [4.78, 5) is 13.0. The Morgan fingerprint density at radius 2 is 1.68 bits per heavy atom. The molecule has 1 aliphatic heterocycles. The van der Waals surface area contributed by atoms with Crippen molar-refractivity contribution in [2.24, 2.45) is 0 Å². The molecule has 0 unspecified atom stereocenters. The number of halogens is 1. The Labute approximate surface area is 188 Å². The summed E-state index contributed by atoms with van der Waals surface area (Å²) in [5, 5.41) is 1.07. The first kappa shape index (κ1) is 21.3. The van der Waals surface area contributed by atoms with Gasteiger partial charge >= 0.3 is 0 Å². The van der Waals surface area contributed by atoms with Crippen LogP contribution >= 0.6 is 11.6 Å². The molecule has 0 aromatic heterocycles. The Hall–Kier alpha value is -2.92. The molecular weight excluding hydrogens is 412 g/mol. The van der Waals surface area contributed by atoms with E-state index in [1.165, 1.54) is 11.1 Å². The number of carbonyl (C=O) groups is 1. The quantitative estimate of drug-likeness (QED) is 0.648. The van der Waals surface area contributed by atoms with Crippen molar-refractivity contribution in [3.05, 3.63) is 76.5 Å². The van der Waals surface area contributed by atoms with Crippen molar-refractivity contribution in [2.75, 3.05) is 14.2 Å². The van der Waals surface area contributed by atoms with E-state index < -0.39 is 5.38 Å². The summed E-state index contributed by atoms with van der Waals surface area (Å²) in [6.07, 6.45) is 5.10. The Balaban J connectivity index is 1.74. The number of benzene rings is 2. The smallest absolute Gasteiger partial charge is 0.259 e. The van der Waals surface area contributed by atoms with Gasteiger partial charge in [0.2, 0.25) is 0 Å². The molecule has 2 atom stereocenters. The van der Waals surface area contributed by atoms with Crippen molar-refractivity contribution in [3.63, 3.8) is 0 Å². The molecule has 0 spiro atoms. The number of carbonyl (C=O) groups excluding carboxylic acids is 1. The minimum absolute atomic E-state index is 0.138. The van der Waals surface area contributed by atoms with Gasteiger partial charge in [-0.15, -0.1) is 11.6 Å². The van der Waals surface area contributed by atoms with Crippen LogP contribution in [0.5, 0.6) is 11.5 Å². The fourth-order valence-electron chi connectivity index (χ4n) is 4.24. The normalized spacial score (nSPS) is 20.3. The van der Waals surface area contributed by atoms with E-state index in [0.717, 1.165) is 47.6 Å². The molecule has 6 heteroatoms. The van der Waals surface area contributed by atoms with Gasteiger partial charge in [0.25, 0.3) is 5.91 Å². The molecule has 0 bridgehead atoms. The molecule has 2 aromatic rings. The number of amides is 1. The van der Waals surface area contributed by atoms with E-state index in [4.69, 9.17) is 21.1 Å². The van der Waals surface area contributed by atoms with Gasteiger partial charge in [0.15, 0.2) is 0 Å². The molecule has 0 saturated heterocycles. The Bertz CT molecular complexity index is 1010. The SMILES string of the molecule is COc1ccc(/C=C2\CCCC3=C2NN(C(=O)[C@@H](C)Cl)[C@H]3c2ccc(OC)cc2)cc1. The molecule has 0 radical (unpaired) electrons. The number of ether oxygens (including phenoxy) is 2. The van der Waals surface area contributed by atoms with E-state index in [1.54, 1.807) is 26.2 Å². The molecule has 1 aliphatic carbocycles. The average Bonchev–Trinajstić information content (AvgIpc) is 3.19. The van der Waals surface area contributed by atoms with Crippen LogP contribution in [0.1, 0.15) is 43.4 Å². The molecule has 2 aromatic carbocycles. The third kappa shape index (κ3) is 4.28. The van der Waals surface area contributed by atoms with Crippen molar-refractivity contribution >= 4 is 23.6 Å². The molecule has 31 heavy (non-hydrogen) atoms. The minimum atomic E-state index is -0.622. The van der Waals surface area contributed by atoms with Crippen LogP contribution in [0.15, 0.2) is 65.4 Å². The van der Waals surface area contributed by atoms with Gasteiger partial charge in [0, 0.05) is 0 Å². The fourth-order valence-corrected chi connectivity index (χ4v) is 4.34. The fraction of sp³-hybridized carbons (Fsp3) is 0.320. The highest BCUT2D eigenvalue weighted by Gasteiger charge is 2.40. The summed E-state index contributed by atoms with van der Waals surface area (Å²) < 4.78 is 10.6. The van der Waals surface area contributed by atoms with Gasteiger partial charge in [0.1, 0.15) is 22.9 Å². The van der Waals surface area contributed by atoms with Gasteiger partial charge in [-0.2, -0.15) is 0 Å². The lowest BCUT2D eigenvalue weighted by Gasteiger charge is -2.28. The third-order valence-corrected chi connectivity index (χ3v) is 6.01. The summed E-state index contributed by atoms with van der Waals surface area (Å²) in [5.41, 5.74) is 8.99. The van der Waals surface area contributed by atoms with Crippen LogP contribution in [0.2, 0.25) is 0 Å². The van der Waals surface area contributed by atoms with E-state index in [-0.39, 0.29) is 11.9 Å². The number of allylic oxidation sites excluding steroid dienone is 1. The molecule has 0 fully saturated rings. The standard InChI is InChI=1S/C25H27ClN2O3/c1-16(26)25(29)28-24(18-9-13-21(31-3)14-10-18)22-6-4-5-19(23(22)27-28)15-17-7-11-20(30-2)12-8-17/h7-16,24,27H,4-6H2,1-3H3/b19-15+/t16-,24+/m1/s1. The second-order valence-corrected chi connectivity index (χ2v) is 8.46. The second-order valence-electron chi connectivity index (χ2n) is 7.81. The number of hydrogen-bond acceptors (Lipinski definition) is 4. The van der Waals surface area contributed by atoms with Crippen LogP contribution in [0.3, 0.4) is 0 Å². The largest absolute Gasteiger partial charge is 0.497 e. The van der Waals surface area contributed by atoms with Crippen molar-refractivity contribution in [3.8, 4) is 11.5 Å². The lowest BCUT2D eigenvalue weighted by molar-refractivity contribution is -0.134. The summed E-state index contributed by atoms with van der Waals surface area (Å²) in [5.74, 6) is 1.48. The van der Waals surface area contributed by atoms with Gasteiger partial charge in [0.05, 0.1) is 19.9 Å². The van der Waals surface area contributed by atoms with Gasteiger partial charge < -0.3 is 9.47 Å². The maximum absolute atomic E-state index is 13.0. The summed E-state index contributed by atoms with van der Waals surface area (Å²) in [7, 11) is 3.31. The predicted octanol–water partition coefficient (Wildman–Crippen LogP) is 5.24. The number of nitrogens with zero attached hydrogens (tertiary/aromatic N) is 1. The monoisotopic (exact) mass is 438 g/mol. The Kier molecular flexibility index (Phi) is 6.23. The summed E-state index contributed by atoms with van der Waals surface area (Å²) >= 11 is 6.20. The summed E-state index contributed by atoms with van der Waals surface area (Å²) in [6.45, 7) is 1.71. The van der Waals surface area contributed by atoms with Crippen LogP contribution in [-0.4, -0.2) is 30.5 Å². The van der Waals surface area contributed by atoms with Gasteiger partial charge in [-0.1, -0.05) is 24.3 Å². The van der Waals surface area contributed by atoms with Crippen LogP contribution in [0, 0.1) is 0 Å². The lowest BCUT2D eigenvalue weighted by Crippen LogP contribution is -2.43. The minimum Gasteiger partial charge on any atom is -0.497 e. The number of rotatable bonds is 5. The highest BCUT2D eigenvalue weighted by atomic mass is 35.5. The first-order chi connectivity index (χ1) is 15.0. The maximum atomic E-state index is 13.0. The number of alkyl halides is 1. The Morgan fingerprint density at radius 3 is 2.26 bits per heavy atom.